The Hall–Kier alpha value is -1.60. The summed E-state index contributed by atoms with van der Waals surface area (Å²) in [5.41, 5.74) is 0.285. The molecule has 0 aromatic carbocycles. The molecule has 15 heavy (non-hydrogen) atoms. The van der Waals surface area contributed by atoms with Gasteiger partial charge in [0.05, 0.1) is 18.8 Å². The van der Waals surface area contributed by atoms with Gasteiger partial charge in [-0.3, -0.25) is 14.9 Å². The van der Waals surface area contributed by atoms with Crippen molar-refractivity contribution in [2.75, 3.05) is 6.54 Å². The molecule has 1 aliphatic rings. The second kappa shape index (κ2) is 4.28. The van der Waals surface area contributed by atoms with E-state index in [9.17, 15) is 9.59 Å². The minimum absolute atomic E-state index is 0.124. The maximum absolute atomic E-state index is 10.4. The van der Waals surface area contributed by atoms with E-state index in [-0.39, 0.29) is 11.8 Å². The van der Waals surface area contributed by atoms with Gasteiger partial charge in [0.15, 0.2) is 18.8 Å². The summed E-state index contributed by atoms with van der Waals surface area (Å²) in [5, 5.41) is 10.2. The Morgan fingerprint density at radius 3 is 3.13 bits per heavy atom. The Labute approximate surface area is 85.4 Å². The smallest absolute Gasteiger partial charge is 0.171 e. The van der Waals surface area contributed by atoms with E-state index in [0.29, 0.717) is 25.7 Å². The molecule has 2 rings (SSSR count). The van der Waals surface area contributed by atoms with Gasteiger partial charge < -0.3 is 4.74 Å². The van der Waals surface area contributed by atoms with E-state index in [2.05, 4.69) is 15.6 Å². The highest BCUT2D eigenvalue weighted by molar-refractivity contribution is 5.70. The van der Waals surface area contributed by atoms with Gasteiger partial charge >= 0.3 is 0 Å². The number of aldehydes is 2. The first-order valence-corrected chi connectivity index (χ1v) is 4.51. The summed E-state index contributed by atoms with van der Waals surface area (Å²) in [6.07, 6.45) is 2.21. The average Bonchev–Trinajstić information content (AvgIpc) is 2.87. The monoisotopic (exact) mass is 210 g/mol. The maximum Gasteiger partial charge on any atom is 0.171 e. The summed E-state index contributed by atoms with van der Waals surface area (Å²) < 4.78 is 6.82. The highest BCUT2D eigenvalue weighted by Gasteiger charge is 2.24. The van der Waals surface area contributed by atoms with Gasteiger partial charge in [0.2, 0.25) is 0 Å². The van der Waals surface area contributed by atoms with Crippen molar-refractivity contribution in [2.45, 2.75) is 18.9 Å². The molecule has 0 amide bonds. The van der Waals surface area contributed by atoms with Crippen molar-refractivity contribution < 1.29 is 14.3 Å². The van der Waals surface area contributed by atoms with Crippen molar-refractivity contribution in [3.63, 3.8) is 0 Å². The Morgan fingerprint density at radius 2 is 2.53 bits per heavy atom. The number of nitrogens with one attached hydrogen (secondary N) is 1. The van der Waals surface area contributed by atoms with Crippen LogP contribution >= 0.6 is 0 Å². The first-order chi connectivity index (χ1) is 7.31. The van der Waals surface area contributed by atoms with Gasteiger partial charge in [0.25, 0.3) is 0 Å². The molecule has 1 aromatic rings. The minimum Gasteiger partial charge on any atom is -0.350 e. The van der Waals surface area contributed by atoms with Crippen molar-refractivity contribution in [1.29, 1.82) is 0 Å². The summed E-state index contributed by atoms with van der Waals surface area (Å²) in [5.74, 6) is 0. The Balaban J connectivity index is 1.92. The minimum atomic E-state index is -0.538. The van der Waals surface area contributed by atoms with Gasteiger partial charge in [-0.25, -0.2) is 4.68 Å². The number of rotatable bonds is 4. The Morgan fingerprint density at radius 1 is 1.67 bits per heavy atom. The van der Waals surface area contributed by atoms with Crippen LogP contribution in [0.15, 0.2) is 6.20 Å². The molecule has 2 heterocycles. The fourth-order valence-electron chi connectivity index (χ4n) is 1.40. The topological polar surface area (TPSA) is 86.1 Å². The molecule has 0 aliphatic carbocycles. The number of hydrogen-bond donors (Lipinski definition) is 1. The normalized spacial score (nSPS) is 25.3. The molecular formula is C8H10N4O3. The molecular weight excluding hydrogens is 200 g/mol. The predicted molar refractivity (Wildman–Crippen MR) is 48.1 cm³/mol. The van der Waals surface area contributed by atoms with Crippen LogP contribution in [-0.4, -0.2) is 46.4 Å². The molecule has 2 unspecified atom stereocenters. The van der Waals surface area contributed by atoms with E-state index in [1.54, 1.807) is 0 Å². The lowest BCUT2D eigenvalue weighted by molar-refractivity contribution is -0.118. The highest BCUT2D eigenvalue weighted by atomic mass is 16.5. The van der Waals surface area contributed by atoms with Crippen LogP contribution in [0.2, 0.25) is 0 Å². The molecule has 1 N–H and O–H groups in total. The molecule has 80 valence electrons. The lowest BCUT2D eigenvalue weighted by atomic mass is 10.3. The van der Waals surface area contributed by atoms with Crippen molar-refractivity contribution >= 4 is 12.6 Å². The second-order valence-electron chi connectivity index (χ2n) is 3.21. The molecule has 1 saturated heterocycles. The standard InChI is InChI=1S/C8H10N4O3/c13-4-6-2-12(11-10-6)3-7-1-9-8(5-14)15-7/h2,4-5,7-9H,1,3H2. The summed E-state index contributed by atoms with van der Waals surface area (Å²) in [4.78, 5) is 20.7. The summed E-state index contributed by atoms with van der Waals surface area (Å²) in [7, 11) is 0. The molecule has 7 heteroatoms. The van der Waals surface area contributed by atoms with Crippen LogP contribution in [0.3, 0.4) is 0 Å². The van der Waals surface area contributed by atoms with Gasteiger partial charge in [0.1, 0.15) is 5.69 Å². The van der Waals surface area contributed by atoms with Gasteiger partial charge in [-0.15, -0.1) is 5.10 Å². The molecule has 2 atom stereocenters. The van der Waals surface area contributed by atoms with Gasteiger partial charge in [-0.05, 0) is 0 Å². The van der Waals surface area contributed by atoms with Crippen LogP contribution in [-0.2, 0) is 16.1 Å². The fourth-order valence-corrected chi connectivity index (χ4v) is 1.40. The summed E-state index contributed by atoms with van der Waals surface area (Å²) >= 11 is 0. The Kier molecular flexibility index (Phi) is 2.84. The van der Waals surface area contributed by atoms with Crippen LogP contribution < -0.4 is 5.32 Å². The average molecular weight is 210 g/mol. The lowest BCUT2D eigenvalue weighted by Crippen LogP contribution is -2.23. The summed E-state index contributed by atoms with van der Waals surface area (Å²) in [6.45, 7) is 1.05. The summed E-state index contributed by atoms with van der Waals surface area (Å²) in [6, 6.07) is 0. The predicted octanol–water partition coefficient (Wildman–Crippen LogP) is -1.40. The van der Waals surface area contributed by atoms with E-state index in [1.807, 2.05) is 0 Å². The third-order valence-electron chi connectivity index (χ3n) is 2.08. The van der Waals surface area contributed by atoms with Crippen LogP contribution in [0.4, 0.5) is 0 Å². The zero-order chi connectivity index (χ0) is 10.7. The van der Waals surface area contributed by atoms with Crippen molar-refractivity contribution in [1.82, 2.24) is 20.3 Å². The third-order valence-corrected chi connectivity index (χ3v) is 2.08. The van der Waals surface area contributed by atoms with Crippen molar-refractivity contribution in [3.8, 4) is 0 Å². The second-order valence-corrected chi connectivity index (χ2v) is 3.21. The molecule has 0 saturated carbocycles. The maximum atomic E-state index is 10.4. The largest absolute Gasteiger partial charge is 0.350 e. The molecule has 0 spiro atoms. The first kappa shape index (κ1) is 9.94. The fraction of sp³-hybridized carbons (Fsp3) is 0.500. The number of nitrogens with zero attached hydrogens (tertiary/aromatic N) is 3. The van der Waals surface area contributed by atoms with Crippen LogP contribution in [0.1, 0.15) is 10.5 Å². The first-order valence-electron chi connectivity index (χ1n) is 4.51. The number of hydrogen-bond acceptors (Lipinski definition) is 6. The van der Waals surface area contributed by atoms with E-state index in [1.165, 1.54) is 10.9 Å². The van der Waals surface area contributed by atoms with E-state index < -0.39 is 6.23 Å². The lowest BCUT2D eigenvalue weighted by Gasteiger charge is -2.07. The van der Waals surface area contributed by atoms with E-state index >= 15 is 0 Å². The zero-order valence-electron chi connectivity index (χ0n) is 7.87. The molecule has 1 fully saturated rings. The SMILES string of the molecule is O=Cc1cn(CC2CNC(C=O)O2)nn1. The number of ether oxygens (including phenoxy) is 1. The number of aromatic nitrogens is 3. The molecule has 1 aromatic heterocycles. The van der Waals surface area contributed by atoms with Crippen LogP contribution in [0.25, 0.3) is 0 Å². The third kappa shape index (κ3) is 2.25. The van der Waals surface area contributed by atoms with Crippen LogP contribution in [0, 0.1) is 0 Å². The zero-order valence-corrected chi connectivity index (χ0v) is 7.87. The molecule has 7 nitrogen and oxygen atoms in total. The van der Waals surface area contributed by atoms with Gasteiger partial charge in [-0.1, -0.05) is 5.21 Å². The van der Waals surface area contributed by atoms with Crippen LogP contribution in [0.5, 0.6) is 0 Å². The number of carbonyl (C=O) groups excluding carboxylic acids is 2. The van der Waals surface area contributed by atoms with Crippen molar-refractivity contribution in [2.24, 2.45) is 0 Å². The highest BCUT2D eigenvalue weighted by Crippen LogP contribution is 2.05. The molecule has 0 radical (unpaired) electrons. The van der Waals surface area contributed by atoms with E-state index in [4.69, 9.17) is 4.74 Å². The molecule has 1 aliphatic heterocycles. The number of carbonyl (C=O) groups is 2. The quantitative estimate of drug-likeness (QED) is 0.615. The van der Waals surface area contributed by atoms with Gasteiger partial charge in [-0.2, -0.15) is 0 Å². The van der Waals surface area contributed by atoms with E-state index in [0.717, 1.165) is 0 Å². The van der Waals surface area contributed by atoms with Gasteiger partial charge in [0, 0.05) is 6.54 Å². The molecule has 0 bridgehead atoms. The Bertz CT molecular complexity index is 365. The van der Waals surface area contributed by atoms with Crippen molar-refractivity contribution in [3.05, 3.63) is 11.9 Å².